The van der Waals surface area contributed by atoms with Crippen LogP contribution < -0.4 is 21.9 Å². The number of amidine groups is 1. The maximum atomic E-state index is 12.0. The van der Waals surface area contributed by atoms with E-state index in [-0.39, 0.29) is 6.54 Å². The van der Waals surface area contributed by atoms with Gasteiger partial charge in [-0.15, -0.1) is 11.8 Å². The number of fused-ring (bicyclic) bond motifs is 1. The van der Waals surface area contributed by atoms with Crippen molar-refractivity contribution in [2.24, 2.45) is 32.3 Å². The summed E-state index contributed by atoms with van der Waals surface area (Å²) in [5.41, 5.74) is 18.4. The molecule has 10 nitrogen and oxygen atoms in total. The van der Waals surface area contributed by atoms with E-state index >= 15 is 0 Å². The lowest BCUT2D eigenvalue weighted by Gasteiger charge is -2.34. The molecule has 0 fully saturated rings. The summed E-state index contributed by atoms with van der Waals surface area (Å²) >= 11 is 1.35. The molecule has 0 bridgehead atoms. The average molecular weight is 491 g/mol. The molecule has 7 N–H and O–H groups in total. The van der Waals surface area contributed by atoms with Gasteiger partial charge in [-0.3, -0.25) is 14.8 Å². The van der Waals surface area contributed by atoms with Gasteiger partial charge in [0.2, 0.25) is 5.60 Å². The van der Waals surface area contributed by atoms with E-state index < -0.39 is 23.9 Å². The summed E-state index contributed by atoms with van der Waals surface area (Å²) in [6, 6.07) is 5.05. The van der Waals surface area contributed by atoms with E-state index in [1.807, 2.05) is 6.07 Å². The molecule has 0 amide bonds. The molecule has 1 heterocycles. The number of carbonyl (C=O) groups is 1. The number of aliphatic imine (C=N–C) groups is 2. The van der Waals surface area contributed by atoms with E-state index in [1.165, 1.54) is 11.8 Å². The van der Waals surface area contributed by atoms with Gasteiger partial charge in [0, 0.05) is 18.0 Å². The first-order chi connectivity index (χ1) is 16.2. The van der Waals surface area contributed by atoms with Gasteiger partial charge in [-0.2, -0.15) is 0 Å². The third kappa shape index (κ3) is 6.89. The smallest absolute Gasteiger partial charge is 0.225 e. The Labute approximate surface area is 204 Å². The molecule has 34 heavy (non-hydrogen) atoms. The lowest BCUT2D eigenvalue weighted by atomic mass is 9.91. The molecule has 1 aromatic carbocycles. The van der Waals surface area contributed by atoms with Gasteiger partial charge in [0.05, 0.1) is 17.8 Å². The number of allylic oxidation sites excluding steroid dienone is 1. The minimum absolute atomic E-state index is 0.104. The Kier molecular flexibility index (Phi) is 10.2. The second-order valence-electron chi connectivity index (χ2n) is 8.09. The van der Waals surface area contributed by atoms with E-state index in [4.69, 9.17) is 26.8 Å². The Hall–Kier alpha value is -2.73. The SMILES string of the molecule is C=NC(=C\SCN)/C(C)=N/OC(C)(C=O)C1CCc2cc(C(N)=N[C@H](C)C(O)CN)ccc2O1. The van der Waals surface area contributed by atoms with Crippen molar-refractivity contribution in [1.82, 2.24) is 0 Å². The number of benzene rings is 1. The van der Waals surface area contributed by atoms with Gasteiger partial charge in [0.25, 0.3) is 0 Å². The Balaban J connectivity index is 2.17. The number of aliphatic hydroxyl groups excluding tert-OH is 1. The predicted molar refractivity (Wildman–Crippen MR) is 137 cm³/mol. The molecule has 4 atom stereocenters. The molecule has 0 aromatic heterocycles. The van der Waals surface area contributed by atoms with Crippen molar-refractivity contribution in [3.63, 3.8) is 0 Å². The van der Waals surface area contributed by atoms with Crippen LogP contribution in [0.2, 0.25) is 0 Å². The highest BCUT2D eigenvalue weighted by atomic mass is 32.2. The van der Waals surface area contributed by atoms with E-state index in [0.29, 0.717) is 48.0 Å². The van der Waals surface area contributed by atoms with Gasteiger partial charge in [0.15, 0.2) is 6.29 Å². The van der Waals surface area contributed by atoms with Crippen LogP contribution in [0.1, 0.15) is 38.3 Å². The fourth-order valence-electron chi connectivity index (χ4n) is 3.26. The van der Waals surface area contributed by atoms with Crippen molar-refractivity contribution in [2.75, 3.05) is 12.4 Å². The molecular weight excluding hydrogens is 456 g/mol. The van der Waals surface area contributed by atoms with Crippen LogP contribution in [0.4, 0.5) is 0 Å². The first kappa shape index (κ1) is 27.5. The summed E-state index contributed by atoms with van der Waals surface area (Å²) in [7, 11) is 0. The zero-order valence-electron chi connectivity index (χ0n) is 19.8. The van der Waals surface area contributed by atoms with Gasteiger partial charge >= 0.3 is 0 Å². The van der Waals surface area contributed by atoms with E-state index in [0.717, 1.165) is 11.1 Å². The van der Waals surface area contributed by atoms with E-state index in [9.17, 15) is 9.90 Å². The molecular formula is C23H34N6O4S. The minimum atomic E-state index is -1.31. The number of oxime groups is 1. The molecule has 2 rings (SSSR count). The van der Waals surface area contributed by atoms with Crippen molar-refractivity contribution >= 4 is 36.3 Å². The second kappa shape index (κ2) is 12.7. The summed E-state index contributed by atoms with van der Waals surface area (Å²) in [5.74, 6) is 1.33. The highest BCUT2D eigenvalue weighted by Crippen LogP contribution is 2.33. The average Bonchev–Trinajstić information content (AvgIpc) is 2.86. The van der Waals surface area contributed by atoms with Crippen LogP contribution >= 0.6 is 11.8 Å². The van der Waals surface area contributed by atoms with Gasteiger partial charge in [-0.25, -0.2) is 0 Å². The number of aldehydes is 1. The molecule has 0 saturated heterocycles. The van der Waals surface area contributed by atoms with Gasteiger partial charge < -0.3 is 31.9 Å². The van der Waals surface area contributed by atoms with Gasteiger partial charge in [0.1, 0.15) is 23.4 Å². The maximum absolute atomic E-state index is 12.0. The van der Waals surface area contributed by atoms with Crippen LogP contribution in [0.15, 0.2) is 44.4 Å². The predicted octanol–water partition coefficient (Wildman–Crippen LogP) is 1.34. The highest BCUT2D eigenvalue weighted by Gasteiger charge is 2.41. The summed E-state index contributed by atoms with van der Waals surface area (Å²) in [6.45, 7) is 8.72. The number of carbonyl (C=O) groups excluding carboxylic acids is 1. The number of aryl methyl sites for hydroxylation is 1. The van der Waals surface area contributed by atoms with E-state index in [1.54, 1.807) is 38.3 Å². The standard InChI is InChI=1S/C23H34N6O4S/c1-14(18(27-4)11-34-13-25)29-33-23(3,12-30)21-8-6-16-9-17(5-7-20(16)32-21)22(26)28-15(2)19(31)10-24/h5,7,9,11-12,15,19,21,31H,4,6,8,10,13,24-25H2,1-3H3,(H2,26,28)/b18-11-,29-14+/t15-,19?,21?,23?/m1/s1. The highest BCUT2D eigenvalue weighted by molar-refractivity contribution is 8.02. The normalized spacial score (nSPS) is 20.4. The second-order valence-corrected chi connectivity index (χ2v) is 8.99. The topological polar surface area (TPSA) is 171 Å². The lowest BCUT2D eigenvalue weighted by Crippen LogP contribution is -2.48. The number of nitrogens with two attached hydrogens (primary N) is 3. The van der Waals surface area contributed by atoms with Crippen molar-refractivity contribution in [3.8, 4) is 5.75 Å². The van der Waals surface area contributed by atoms with Crippen molar-refractivity contribution < 1.29 is 19.5 Å². The van der Waals surface area contributed by atoms with Crippen molar-refractivity contribution in [3.05, 3.63) is 40.4 Å². The summed E-state index contributed by atoms with van der Waals surface area (Å²) in [4.78, 5) is 25.9. The number of hydrogen-bond donors (Lipinski definition) is 4. The fraction of sp³-hybridized carbons (Fsp3) is 0.478. The van der Waals surface area contributed by atoms with Crippen molar-refractivity contribution in [2.45, 2.75) is 57.5 Å². The fourth-order valence-corrected chi connectivity index (χ4v) is 3.76. The summed E-state index contributed by atoms with van der Waals surface area (Å²) < 4.78 is 6.11. The van der Waals surface area contributed by atoms with Crippen LogP contribution in [0.5, 0.6) is 5.75 Å². The Bertz CT molecular complexity index is 967. The number of thioether (sulfide) groups is 1. The third-order valence-electron chi connectivity index (χ3n) is 5.53. The minimum Gasteiger partial charge on any atom is -0.485 e. The third-order valence-corrected chi connectivity index (χ3v) is 6.11. The Morgan fingerprint density at radius 2 is 2.21 bits per heavy atom. The number of aliphatic hydroxyl groups is 1. The number of ether oxygens (including phenoxy) is 1. The first-order valence-corrected chi connectivity index (χ1v) is 11.9. The van der Waals surface area contributed by atoms with Crippen LogP contribution in [-0.4, -0.2) is 65.9 Å². The molecule has 186 valence electrons. The molecule has 3 unspecified atom stereocenters. The number of hydrogen-bond acceptors (Lipinski definition) is 10. The van der Waals surface area contributed by atoms with E-state index in [2.05, 4.69) is 21.9 Å². The van der Waals surface area contributed by atoms with Crippen LogP contribution in [0, 0.1) is 0 Å². The number of rotatable bonds is 12. The first-order valence-electron chi connectivity index (χ1n) is 10.9. The molecule has 0 spiro atoms. The largest absolute Gasteiger partial charge is 0.485 e. The van der Waals surface area contributed by atoms with Crippen LogP contribution in [-0.2, 0) is 16.1 Å². The molecule has 11 heteroatoms. The van der Waals surface area contributed by atoms with Crippen LogP contribution in [0.25, 0.3) is 0 Å². The molecule has 0 radical (unpaired) electrons. The number of nitrogens with zero attached hydrogens (tertiary/aromatic N) is 3. The zero-order valence-corrected chi connectivity index (χ0v) is 20.6. The van der Waals surface area contributed by atoms with Gasteiger partial charge in [-0.1, -0.05) is 5.16 Å². The monoisotopic (exact) mass is 490 g/mol. The van der Waals surface area contributed by atoms with Gasteiger partial charge in [-0.05, 0) is 69.5 Å². The molecule has 0 aliphatic carbocycles. The lowest BCUT2D eigenvalue weighted by molar-refractivity contribution is -0.144. The summed E-state index contributed by atoms with van der Waals surface area (Å²) in [6.07, 6.45) is 0.561. The summed E-state index contributed by atoms with van der Waals surface area (Å²) in [5, 5.41) is 15.7. The molecule has 1 aliphatic heterocycles. The van der Waals surface area contributed by atoms with Crippen LogP contribution in [0.3, 0.4) is 0 Å². The maximum Gasteiger partial charge on any atom is 0.225 e. The Morgan fingerprint density at radius 1 is 1.47 bits per heavy atom. The van der Waals surface area contributed by atoms with Crippen molar-refractivity contribution in [1.29, 1.82) is 0 Å². The zero-order chi connectivity index (χ0) is 25.3. The Morgan fingerprint density at radius 3 is 2.82 bits per heavy atom. The molecule has 0 saturated carbocycles. The molecule has 1 aromatic rings. The molecule has 1 aliphatic rings. The quantitative estimate of drug-likeness (QED) is 0.112.